The normalized spacial score (nSPS) is 19.9. The lowest BCUT2D eigenvalue weighted by atomic mass is 9.90. The van der Waals surface area contributed by atoms with E-state index in [9.17, 15) is 0 Å². The Morgan fingerprint density at radius 3 is 2.93 bits per heavy atom. The smallest absolute Gasteiger partial charge is 0.126 e. The van der Waals surface area contributed by atoms with Gasteiger partial charge in [-0.15, -0.1) is 0 Å². The molecule has 2 heteroatoms. The molecule has 0 amide bonds. The summed E-state index contributed by atoms with van der Waals surface area (Å²) in [5.41, 5.74) is 1.45. The summed E-state index contributed by atoms with van der Waals surface area (Å²) in [7, 11) is 0. The fourth-order valence-corrected chi connectivity index (χ4v) is 1.99. The molecule has 1 aromatic rings. The molecule has 0 spiro atoms. The van der Waals surface area contributed by atoms with E-state index in [-0.39, 0.29) is 0 Å². The predicted octanol–water partition coefficient (Wildman–Crippen LogP) is 2.68. The highest BCUT2D eigenvalue weighted by molar-refractivity contribution is 5.47. The lowest BCUT2D eigenvalue weighted by Gasteiger charge is -2.23. The van der Waals surface area contributed by atoms with Crippen molar-refractivity contribution >= 4 is 6.08 Å². The number of rotatable bonds is 2. The average Bonchev–Trinajstić information content (AvgIpc) is 2.72. The van der Waals surface area contributed by atoms with Crippen molar-refractivity contribution in [1.82, 2.24) is 5.32 Å². The van der Waals surface area contributed by atoms with Crippen molar-refractivity contribution in [2.24, 2.45) is 5.92 Å². The summed E-state index contributed by atoms with van der Waals surface area (Å²) in [5.74, 6) is 1.71. The highest BCUT2D eigenvalue weighted by Gasteiger charge is 2.14. The van der Waals surface area contributed by atoms with E-state index in [1.54, 1.807) is 6.26 Å². The molecule has 0 bridgehead atoms. The van der Waals surface area contributed by atoms with E-state index < -0.39 is 0 Å². The molecule has 0 saturated carbocycles. The zero-order valence-electron chi connectivity index (χ0n) is 8.62. The Kier molecular flexibility index (Phi) is 3.04. The second-order valence-electron chi connectivity index (χ2n) is 3.93. The quantitative estimate of drug-likeness (QED) is 0.777. The zero-order valence-corrected chi connectivity index (χ0v) is 8.62. The van der Waals surface area contributed by atoms with E-state index in [1.807, 2.05) is 12.1 Å². The van der Waals surface area contributed by atoms with Crippen molar-refractivity contribution in [2.75, 3.05) is 13.1 Å². The van der Waals surface area contributed by atoms with Gasteiger partial charge in [-0.25, -0.2) is 0 Å². The number of allylic oxidation sites excluding steroid dienone is 1. The van der Waals surface area contributed by atoms with Gasteiger partial charge in [0.2, 0.25) is 0 Å². The van der Waals surface area contributed by atoms with Gasteiger partial charge in [-0.2, -0.15) is 0 Å². The molecular weight excluding hydrogens is 174 g/mol. The molecule has 0 radical (unpaired) electrons. The third kappa shape index (κ3) is 2.26. The van der Waals surface area contributed by atoms with Crippen LogP contribution in [0, 0.1) is 5.92 Å². The van der Waals surface area contributed by atoms with E-state index in [0.29, 0.717) is 0 Å². The minimum Gasteiger partial charge on any atom is -0.465 e. The topological polar surface area (TPSA) is 25.2 Å². The van der Waals surface area contributed by atoms with E-state index in [0.717, 1.165) is 24.8 Å². The van der Waals surface area contributed by atoms with Crippen molar-refractivity contribution in [3.8, 4) is 0 Å². The standard InChI is InChI=1S/C12H17NO/c1-10(9-12-3-2-8-14-12)11-4-6-13-7-5-11/h2-3,8-9,11,13H,4-7H2,1H3/b10-9-. The van der Waals surface area contributed by atoms with Gasteiger partial charge in [0, 0.05) is 0 Å². The zero-order chi connectivity index (χ0) is 9.80. The van der Waals surface area contributed by atoms with Crippen molar-refractivity contribution < 1.29 is 4.42 Å². The van der Waals surface area contributed by atoms with Crippen molar-refractivity contribution in [1.29, 1.82) is 0 Å². The van der Waals surface area contributed by atoms with Gasteiger partial charge < -0.3 is 9.73 Å². The summed E-state index contributed by atoms with van der Waals surface area (Å²) < 4.78 is 5.30. The molecule has 1 aromatic heterocycles. The average molecular weight is 191 g/mol. The van der Waals surface area contributed by atoms with Crippen LogP contribution in [0.3, 0.4) is 0 Å². The van der Waals surface area contributed by atoms with Gasteiger partial charge in [-0.1, -0.05) is 5.57 Å². The van der Waals surface area contributed by atoms with Crippen LogP contribution < -0.4 is 5.32 Å². The molecule has 0 atom stereocenters. The Morgan fingerprint density at radius 1 is 1.50 bits per heavy atom. The monoisotopic (exact) mass is 191 g/mol. The van der Waals surface area contributed by atoms with Crippen LogP contribution in [0.15, 0.2) is 28.4 Å². The fourth-order valence-electron chi connectivity index (χ4n) is 1.99. The summed E-state index contributed by atoms with van der Waals surface area (Å²) in [4.78, 5) is 0. The largest absolute Gasteiger partial charge is 0.465 e. The maximum atomic E-state index is 5.30. The van der Waals surface area contributed by atoms with Crippen LogP contribution in [0.2, 0.25) is 0 Å². The molecule has 76 valence electrons. The Hall–Kier alpha value is -1.02. The number of hydrogen-bond acceptors (Lipinski definition) is 2. The fraction of sp³-hybridized carbons (Fsp3) is 0.500. The molecule has 2 heterocycles. The summed E-state index contributed by atoms with van der Waals surface area (Å²) in [6, 6.07) is 3.94. The lowest BCUT2D eigenvalue weighted by molar-refractivity contribution is 0.421. The van der Waals surface area contributed by atoms with Crippen LogP contribution in [-0.4, -0.2) is 13.1 Å². The second-order valence-corrected chi connectivity index (χ2v) is 3.93. The maximum absolute atomic E-state index is 5.30. The van der Waals surface area contributed by atoms with Gasteiger partial charge in [0.1, 0.15) is 5.76 Å². The number of hydrogen-bond donors (Lipinski definition) is 1. The van der Waals surface area contributed by atoms with Crippen LogP contribution >= 0.6 is 0 Å². The Balaban J connectivity index is 2.02. The maximum Gasteiger partial charge on any atom is 0.126 e. The minimum atomic E-state index is 0.737. The number of nitrogens with one attached hydrogen (secondary N) is 1. The van der Waals surface area contributed by atoms with Crippen molar-refractivity contribution in [2.45, 2.75) is 19.8 Å². The third-order valence-corrected chi connectivity index (χ3v) is 2.90. The molecule has 1 N–H and O–H groups in total. The molecule has 1 aliphatic heterocycles. The van der Waals surface area contributed by atoms with Crippen LogP contribution in [0.25, 0.3) is 6.08 Å². The summed E-state index contributed by atoms with van der Waals surface area (Å²) in [5, 5.41) is 3.38. The van der Waals surface area contributed by atoms with Gasteiger partial charge in [0.15, 0.2) is 0 Å². The first-order valence-electron chi connectivity index (χ1n) is 5.28. The molecule has 1 saturated heterocycles. The highest BCUT2D eigenvalue weighted by Crippen LogP contribution is 2.22. The molecule has 1 fully saturated rings. The van der Waals surface area contributed by atoms with E-state index in [1.165, 1.54) is 18.4 Å². The summed E-state index contributed by atoms with van der Waals surface area (Å²) in [6.07, 6.45) is 6.39. The Morgan fingerprint density at radius 2 is 2.29 bits per heavy atom. The number of furan rings is 1. The van der Waals surface area contributed by atoms with Crippen molar-refractivity contribution in [3.05, 3.63) is 29.7 Å². The number of piperidine rings is 1. The van der Waals surface area contributed by atoms with E-state index in [4.69, 9.17) is 4.42 Å². The molecule has 0 unspecified atom stereocenters. The molecule has 0 aliphatic carbocycles. The van der Waals surface area contributed by atoms with Gasteiger partial charge in [0.05, 0.1) is 6.26 Å². The van der Waals surface area contributed by atoms with Crippen LogP contribution in [0.4, 0.5) is 0 Å². The predicted molar refractivity (Wildman–Crippen MR) is 58.0 cm³/mol. The SMILES string of the molecule is C/C(=C/c1ccco1)C1CCNCC1. The molecule has 2 nitrogen and oxygen atoms in total. The van der Waals surface area contributed by atoms with E-state index in [2.05, 4.69) is 18.3 Å². The molecular formula is C12H17NO. The van der Waals surface area contributed by atoms with Gasteiger partial charge in [-0.3, -0.25) is 0 Å². The first-order valence-corrected chi connectivity index (χ1v) is 5.28. The molecule has 14 heavy (non-hydrogen) atoms. The van der Waals surface area contributed by atoms with Gasteiger partial charge >= 0.3 is 0 Å². The van der Waals surface area contributed by atoms with Crippen molar-refractivity contribution in [3.63, 3.8) is 0 Å². The first-order chi connectivity index (χ1) is 6.86. The lowest BCUT2D eigenvalue weighted by Crippen LogP contribution is -2.28. The molecule has 2 rings (SSSR count). The minimum absolute atomic E-state index is 0.737. The van der Waals surface area contributed by atoms with Crippen LogP contribution in [0.1, 0.15) is 25.5 Å². The summed E-state index contributed by atoms with van der Waals surface area (Å²) >= 11 is 0. The second kappa shape index (κ2) is 4.47. The third-order valence-electron chi connectivity index (χ3n) is 2.90. The van der Waals surface area contributed by atoms with Gasteiger partial charge in [-0.05, 0) is 57.0 Å². The molecule has 1 aliphatic rings. The first kappa shape index (κ1) is 9.53. The Labute approximate surface area is 85.0 Å². The van der Waals surface area contributed by atoms with Crippen LogP contribution in [0.5, 0.6) is 0 Å². The van der Waals surface area contributed by atoms with E-state index >= 15 is 0 Å². The highest BCUT2D eigenvalue weighted by atomic mass is 16.3. The molecule has 0 aromatic carbocycles. The van der Waals surface area contributed by atoms with Crippen LogP contribution in [-0.2, 0) is 0 Å². The van der Waals surface area contributed by atoms with Gasteiger partial charge in [0.25, 0.3) is 0 Å². The summed E-state index contributed by atoms with van der Waals surface area (Å²) in [6.45, 7) is 4.50. The Bertz CT molecular complexity index is 294.